The van der Waals surface area contributed by atoms with Crippen molar-refractivity contribution in [3.8, 4) is 0 Å². The van der Waals surface area contributed by atoms with Gasteiger partial charge in [0, 0.05) is 32.0 Å². The molecular formula is C18H22N6O. The van der Waals surface area contributed by atoms with Crippen molar-refractivity contribution in [2.45, 2.75) is 37.6 Å². The van der Waals surface area contributed by atoms with E-state index in [-0.39, 0.29) is 17.9 Å². The molecule has 7 heteroatoms. The topological polar surface area (TPSA) is 66.6 Å². The summed E-state index contributed by atoms with van der Waals surface area (Å²) in [6.45, 7) is 1.67. The molecule has 5 rings (SSSR count). The first-order valence-electron chi connectivity index (χ1n) is 9.09. The Balaban J connectivity index is 1.27. The van der Waals surface area contributed by atoms with Crippen molar-refractivity contribution in [1.29, 1.82) is 0 Å². The summed E-state index contributed by atoms with van der Waals surface area (Å²) in [6, 6.07) is 4.25. The van der Waals surface area contributed by atoms with Gasteiger partial charge in [-0.25, -0.2) is 0 Å². The molecule has 2 aromatic rings. The normalized spacial score (nSPS) is 21.1. The second-order valence-electron chi connectivity index (χ2n) is 7.44. The fourth-order valence-electron chi connectivity index (χ4n) is 3.73. The van der Waals surface area contributed by atoms with Crippen molar-refractivity contribution in [1.82, 2.24) is 24.7 Å². The Hall–Kier alpha value is -2.44. The minimum Gasteiger partial charge on any atom is -0.351 e. The molecule has 1 saturated carbocycles. The van der Waals surface area contributed by atoms with Crippen LogP contribution in [-0.4, -0.2) is 56.8 Å². The van der Waals surface area contributed by atoms with Crippen LogP contribution >= 0.6 is 0 Å². The Kier molecular flexibility index (Phi) is 3.29. The summed E-state index contributed by atoms with van der Waals surface area (Å²) in [5.74, 6) is 2.86. The Bertz CT molecular complexity index is 840. The summed E-state index contributed by atoms with van der Waals surface area (Å²) in [5, 5.41) is 13.2. The molecule has 0 spiro atoms. The largest absolute Gasteiger partial charge is 0.351 e. The van der Waals surface area contributed by atoms with Crippen LogP contribution in [0, 0.1) is 5.92 Å². The first-order chi connectivity index (χ1) is 12.2. The lowest BCUT2D eigenvalue weighted by Crippen LogP contribution is -2.60. The molecule has 0 unspecified atom stereocenters. The predicted octanol–water partition coefficient (Wildman–Crippen LogP) is 1.61. The van der Waals surface area contributed by atoms with Crippen molar-refractivity contribution in [3.63, 3.8) is 0 Å². The van der Waals surface area contributed by atoms with Gasteiger partial charge in [0.1, 0.15) is 5.82 Å². The lowest BCUT2D eigenvalue weighted by Gasteiger charge is -2.45. The smallest absolute Gasteiger partial charge is 0.226 e. The van der Waals surface area contributed by atoms with Gasteiger partial charge in [-0.2, -0.15) is 4.52 Å². The highest BCUT2D eigenvalue weighted by Crippen LogP contribution is 2.39. The number of hydrogen-bond acceptors (Lipinski definition) is 5. The van der Waals surface area contributed by atoms with Crippen LogP contribution in [0.2, 0.25) is 0 Å². The molecular weight excluding hydrogens is 316 g/mol. The predicted molar refractivity (Wildman–Crippen MR) is 93.4 cm³/mol. The standard InChI is InChI=1S/C18H22N6O/c1-22(18(25)13-4-2-3-5-13)14-10-23(11-14)16-9-8-15-19-20-17(12-6-7-12)24(15)21-16/h2-3,8-9,12-14H,4-7,10-11H2,1H3. The number of hydrogen-bond donors (Lipinski definition) is 0. The van der Waals surface area contributed by atoms with Crippen LogP contribution in [0.3, 0.4) is 0 Å². The van der Waals surface area contributed by atoms with Gasteiger partial charge in [0.05, 0.1) is 6.04 Å². The minimum atomic E-state index is 0.145. The second kappa shape index (κ2) is 5.54. The SMILES string of the molecule is CN(C(=O)C1CC=CC1)C1CN(c2ccc3nnc(C4CC4)n3n2)C1. The summed E-state index contributed by atoms with van der Waals surface area (Å²) < 4.78 is 1.89. The molecule has 0 N–H and O–H groups in total. The van der Waals surface area contributed by atoms with Gasteiger partial charge >= 0.3 is 0 Å². The Labute approximate surface area is 146 Å². The van der Waals surface area contributed by atoms with Crippen molar-refractivity contribution in [2.24, 2.45) is 5.92 Å². The summed E-state index contributed by atoms with van der Waals surface area (Å²) in [4.78, 5) is 16.7. The third-order valence-corrected chi connectivity index (χ3v) is 5.65. The Morgan fingerprint density at radius 3 is 2.64 bits per heavy atom. The van der Waals surface area contributed by atoms with Crippen molar-refractivity contribution < 1.29 is 4.79 Å². The monoisotopic (exact) mass is 338 g/mol. The van der Waals surface area contributed by atoms with Crippen LogP contribution in [0.25, 0.3) is 5.65 Å². The maximum atomic E-state index is 12.5. The van der Waals surface area contributed by atoms with E-state index in [9.17, 15) is 4.79 Å². The molecule has 2 aliphatic carbocycles. The van der Waals surface area contributed by atoms with E-state index in [1.807, 2.05) is 28.6 Å². The first kappa shape index (κ1) is 14.9. The van der Waals surface area contributed by atoms with Crippen LogP contribution in [0.1, 0.15) is 37.4 Å². The molecule has 7 nitrogen and oxygen atoms in total. The number of carbonyl (C=O) groups excluding carboxylic acids is 1. The van der Waals surface area contributed by atoms with Gasteiger partial charge in [-0.05, 0) is 37.8 Å². The average molecular weight is 338 g/mol. The number of carbonyl (C=O) groups is 1. The summed E-state index contributed by atoms with van der Waals surface area (Å²) in [5.41, 5.74) is 0.809. The third-order valence-electron chi connectivity index (χ3n) is 5.65. The fraction of sp³-hybridized carbons (Fsp3) is 0.556. The molecule has 130 valence electrons. The van der Waals surface area contributed by atoms with E-state index in [1.54, 1.807) is 0 Å². The molecule has 25 heavy (non-hydrogen) atoms. The fourth-order valence-corrected chi connectivity index (χ4v) is 3.73. The number of fused-ring (bicyclic) bond motifs is 1. The molecule has 1 amide bonds. The van der Waals surface area contributed by atoms with Crippen molar-refractivity contribution in [2.75, 3.05) is 25.0 Å². The molecule has 0 radical (unpaired) electrons. The molecule has 3 heterocycles. The molecule has 1 aliphatic heterocycles. The van der Waals surface area contributed by atoms with Crippen LogP contribution in [-0.2, 0) is 4.79 Å². The molecule has 0 aromatic carbocycles. The van der Waals surface area contributed by atoms with E-state index in [1.165, 1.54) is 12.8 Å². The number of aromatic nitrogens is 4. The van der Waals surface area contributed by atoms with Crippen LogP contribution in [0.15, 0.2) is 24.3 Å². The number of amides is 1. The summed E-state index contributed by atoms with van der Waals surface area (Å²) in [7, 11) is 1.93. The van der Waals surface area contributed by atoms with Crippen LogP contribution in [0.5, 0.6) is 0 Å². The summed E-state index contributed by atoms with van der Waals surface area (Å²) in [6.07, 6.45) is 8.35. The molecule has 0 atom stereocenters. The first-order valence-corrected chi connectivity index (χ1v) is 9.09. The van der Waals surface area contributed by atoms with Crippen molar-refractivity contribution in [3.05, 3.63) is 30.1 Å². The average Bonchev–Trinajstić information content (AvgIpc) is 3.11. The molecule has 1 saturated heterocycles. The lowest BCUT2D eigenvalue weighted by atomic mass is 10.0. The Morgan fingerprint density at radius 1 is 1.16 bits per heavy atom. The molecule has 2 aromatic heterocycles. The maximum absolute atomic E-state index is 12.5. The molecule has 0 bridgehead atoms. The van der Waals surface area contributed by atoms with Gasteiger partial charge in [0.15, 0.2) is 11.5 Å². The zero-order valence-electron chi connectivity index (χ0n) is 14.4. The third kappa shape index (κ3) is 2.49. The van der Waals surface area contributed by atoms with E-state index in [0.29, 0.717) is 5.92 Å². The van der Waals surface area contributed by atoms with E-state index >= 15 is 0 Å². The minimum absolute atomic E-state index is 0.145. The highest BCUT2D eigenvalue weighted by molar-refractivity contribution is 5.80. The van der Waals surface area contributed by atoms with E-state index < -0.39 is 0 Å². The number of likely N-dealkylation sites (N-methyl/N-ethyl adjacent to an activating group) is 1. The molecule has 2 fully saturated rings. The highest BCUT2D eigenvalue weighted by atomic mass is 16.2. The van der Waals surface area contributed by atoms with E-state index in [0.717, 1.165) is 43.2 Å². The summed E-state index contributed by atoms with van der Waals surface area (Å²) >= 11 is 0. The number of anilines is 1. The van der Waals surface area contributed by atoms with Gasteiger partial charge in [-0.15, -0.1) is 15.3 Å². The van der Waals surface area contributed by atoms with Gasteiger partial charge in [0.2, 0.25) is 5.91 Å². The zero-order valence-corrected chi connectivity index (χ0v) is 14.4. The van der Waals surface area contributed by atoms with Gasteiger partial charge in [-0.1, -0.05) is 12.2 Å². The number of nitrogens with zero attached hydrogens (tertiary/aromatic N) is 6. The molecule has 3 aliphatic rings. The van der Waals surface area contributed by atoms with Gasteiger partial charge in [0.25, 0.3) is 0 Å². The second-order valence-corrected chi connectivity index (χ2v) is 7.44. The van der Waals surface area contributed by atoms with Gasteiger partial charge in [-0.3, -0.25) is 4.79 Å². The highest BCUT2D eigenvalue weighted by Gasteiger charge is 2.36. The van der Waals surface area contributed by atoms with Crippen LogP contribution < -0.4 is 4.90 Å². The van der Waals surface area contributed by atoms with E-state index in [4.69, 9.17) is 5.10 Å². The zero-order chi connectivity index (χ0) is 17.0. The quantitative estimate of drug-likeness (QED) is 0.793. The van der Waals surface area contributed by atoms with Gasteiger partial charge < -0.3 is 9.80 Å². The van der Waals surface area contributed by atoms with E-state index in [2.05, 4.69) is 27.2 Å². The maximum Gasteiger partial charge on any atom is 0.226 e. The lowest BCUT2D eigenvalue weighted by molar-refractivity contribution is -0.136. The van der Waals surface area contributed by atoms with Crippen molar-refractivity contribution >= 4 is 17.4 Å². The van der Waals surface area contributed by atoms with Crippen LogP contribution in [0.4, 0.5) is 5.82 Å². The Morgan fingerprint density at radius 2 is 1.92 bits per heavy atom. The number of allylic oxidation sites excluding steroid dienone is 2. The number of rotatable bonds is 4.